The summed E-state index contributed by atoms with van der Waals surface area (Å²) in [5, 5.41) is 15.1. The van der Waals surface area contributed by atoms with E-state index in [4.69, 9.17) is 5.14 Å². The Morgan fingerprint density at radius 2 is 1.79 bits per heavy atom. The number of nitrogens with zero attached hydrogens (tertiary/aromatic N) is 1. The van der Waals surface area contributed by atoms with Crippen LogP contribution in [0.2, 0.25) is 0 Å². The van der Waals surface area contributed by atoms with Crippen LogP contribution >= 0.6 is 0 Å². The van der Waals surface area contributed by atoms with E-state index in [1.54, 1.807) is 12.1 Å². The van der Waals surface area contributed by atoms with E-state index in [-0.39, 0.29) is 17.0 Å². The third kappa shape index (κ3) is 3.26. The maximum absolute atomic E-state index is 11.2. The predicted octanol–water partition coefficient (Wildman–Crippen LogP) is 1.07. The lowest BCUT2D eigenvalue weighted by atomic mass is 9.91. The highest BCUT2D eigenvalue weighted by Gasteiger charge is 2.26. The summed E-state index contributed by atoms with van der Waals surface area (Å²) in [4.78, 5) is 2.12. The maximum atomic E-state index is 11.2. The first-order valence-electron chi connectivity index (χ1n) is 6.43. The van der Waals surface area contributed by atoms with Crippen LogP contribution in [0.5, 0.6) is 0 Å². The lowest BCUT2D eigenvalue weighted by Crippen LogP contribution is -2.43. The summed E-state index contributed by atoms with van der Waals surface area (Å²) in [5.41, 5.74) is 0.887. The maximum Gasteiger partial charge on any atom is 0.238 e. The highest BCUT2D eigenvalue weighted by molar-refractivity contribution is 7.89. The zero-order chi connectivity index (χ0) is 14.0. The molecule has 5 nitrogen and oxygen atoms in total. The standard InChI is InChI=1S/C13H20N2O3S/c1-15(12-4-2-3-5-13(12)16)10-6-8-11(9-7-10)19(14,17)18/h6-9,12-13,16H,2-5H2,1H3,(H2,14,17,18). The largest absolute Gasteiger partial charge is 0.391 e. The first-order chi connectivity index (χ1) is 8.89. The Morgan fingerprint density at radius 3 is 2.32 bits per heavy atom. The number of aliphatic hydroxyl groups is 1. The van der Waals surface area contributed by atoms with Crippen molar-refractivity contribution in [3.05, 3.63) is 24.3 Å². The Balaban J connectivity index is 2.17. The number of benzene rings is 1. The summed E-state index contributed by atoms with van der Waals surface area (Å²) in [7, 11) is -1.73. The van der Waals surface area contributed by atoms with Gasteiger partial charge in [0, 0.05) is 12.7 Å². The van der Waals surface area contributed by atoms with E-state index in [1.165, 1.54) is 12.1 Å². The highest BCUT2D eigenvalue weighted by Crippen LogP contribution is 2.27. The van der Waals surface area contributed by atoms with Gasteiger partial charge in [0.05, 0.1) is 17.0 Å². The molecule has 3 N–H and O–H groups in total. The fourth-order valence-electron chi connectivity index (χ4n) is 2.61. The van der Waals surface area contributed by atoms with Crippen molar-refractivity contribution >= 4 is 15.7 Å². The molecule has 6 heteroatoms. The van der Waals surface area contributed by atoms with Crippen molar-refractivity contribution in [1.82, 2.24) is 0 Å². The van der Waals surface area contributed by atoms with Gasteiger partial charge < -0.3 is 10.0 Å². The molecule has 2 atom stereocenters. The number of hydrogen-bond acceptors (Lipinski definition) is 4. The second-order valence-electron chi connectivity index (χ2n) is 5.07. The smallest absolute Gasteiger partial charge is 0.238 e. The Labute approximate surface area is 114 Å². The molecule has 1 aliphatic rings. The van der Waals surface area contributed by atoms with E-state index < -0.39 is 10.0 Å². The quantitative estimate of drug-likeness (QED) is 0.869. The van der Waals surface area contributed by atoms with Crippen LogP contribution in [0.1, 0.15) is 25.7 Å². The fourth-order valence-corrected chi connectivity index (χ4v) is 3.12. The van der Waals surface area contributed by atoms with Gasteiger partial charge in [-0.2, -0.15) is 0 Å². The topological polar surface area (TPSA) is 83.6 Å². The number of rotatable bonds is 3. The zero-order valence-electron chi connectivity index (χ0n) is 11.0. The van der Waals surface area contributed by atoms with Crippen LogP contribution in [-0.4, -0.2) is 32.7 Å². The van der Waals surface area contributed by atoms with E-state index >= 15 is 0 Å². The van der Waals surface area contributed by atoms with Crippen molar-refractivity contribution in [2.75, 3.05) is 11.9 Å². The number of hydrogen-bond donors (Lipinski definition) is 2. The van der Waals surface area contributed by atoms with Crippen molar-refractivity contribution in [2.24, 2.45) is 5.14 Å². The first kappa shape index (κ1) is 14.3. The van der Waals surface area contributed by atoms with E-state index in [2.05, 4.69) is 0 Å². The molecular formula is C13H20N2O3S. The third-order valence-corrected chi connectivity index (χ3v) is 4.69. The van der Waals surface area contributed by atoms with Crippen molar-refractivity contribution < 1.29 is 13.5 Å². The number of anilines is 1. The van der Waals surface area contributed by atoms with Gasteiger partial charge in [-0.25, -0.2) is 13.6 Å². The molecule has 1 saturated carbocycles. The average Bonchev–Trinajstić information content (AvgIpc) is 2.38. The van der Waals surface area contributed by atoms with E-state index in [0.717, 1.165) is 31.4 Å². The minimum atomic E-state index is -3.65. The molecule has 1 aromatic carbocycles. The van der Waals surface area contributed by atoms with E-state index in [0.29, 0.717) is 0 Å². The molecule has 1 aliphatic carbocycles. The summed E-state index contributed by atoms with van der Waals surface area (Å²) >= 11 is 0. The van der Waals surface area contributed by atoms with Gasteiger partial charge in [-0.3, -0.25) is 0 Å². The van der Waals surface area contributed by atoms with Crippen LogP contribution in [0.25, 0.3) is 0 Å². The minimum Gasteiger partial charge on any atom is -0.391 e. The molecule has 0 amide bonds. The minimum absolute atomic E-state index is 0.0917. The second-order valence-corrected chi connectivity index (χ2v) is 6.63. The van der Waals surface area contributed by atoms with E-state index in [9.17, 15) is 13.5 Å². The van der Waals surface area contributed by atoms with Crippen LogP contribution in [0.15, 0.2) is 29.2 Å². The monoisotopic (exact) mass is 284 g/mol. The van der Waals surface area contributed by atoms with Crippen LogP contribution in [0.4, 0.5) is 5.69 Å². The van der Waals surface area contributed by atoms with Crippen molar-refractivity contribution in [3.63, 3.8) is 0 Å². The number of aliphatic hydroxyl groups excluding tert-OH is 1. The second kappa shape index (κ2) is 5.48. The zero-order valence-corrected chi connectivity index (χ0v) is 11.8. The summed E-state index contributed by atoms with van der Waals surface area (Å²) in [6, 6.07) is 6.53. The Kier molecular flexibility index (Phi) is 4.13. The van der Waals surface area contributed by atoms with Gasteiger partial charge in [0.25, 0.3) is 0 Å². The van der Waals surface area contributed by atoms with Crippen molar-refractivity contribution in [1.29, 1.82) is 0 Å². The number of primary sulfonamides is 1. The van der Waals surface area contributed by atoms with Gasteiger partial charge in [-0.1, -0.05) is 12.8 Å². The third-order valence-electron chi connectivity index (χ3n) is 3.76. The summed E-state index contributed by atoms with van der Waals surface area (Å²) in [6.07, 6.45) is 3.63. The van der Waals surface area contributed by atoms with Gasteiger partial charge in [-0.05, 0) is 37.1 Å². The van der Waals surface area contributed by atoms with Gasteiger partial charge >= 0.3 is 0 Å². The molecule has 0 bridgehead atoms. The molecule has 0 aromatic heterocycles. The predicted molar refractivity (Wildman–Crippen MR) is 74.5 cm³/mol. The summed E-state index contributed by atoms with van der Waals surface area (Å²) in [6.45, 7) is 0. The molecule has 19 heavy (non-hydrogen) atoms. The lowest BCUT2D eigenvalue weighted by molar-refractivity contribution is 0.106. The molecule has 0 radical (unpaired) electrons. The first-order valence-corrected chi connectivity index (χ1v) is 7.98. The fraction of sp³-hybridized carbons (Fsp3) is 0.538. The van der Waals surface area contributed by atoms with Crippen LogP contribution < -0.4 is 10.0 Å². The van der Waals surface area contributed by atoms with Gasteiger partial charge in [-0.15, -0.1) is 0 Å². The molecule has 0 heterocycles. The molecule has 1 aromatic rings. The van der Waals surface area contributed by atoms with Crippen molar-refractivity contribution in [3.8, 4) is 0 Å². The van der Waals surface area contributed by atoms with Crippen molar-refractivity contribution in [2.45, 2.75) is 42.7 Å². The summed E-state index contributed by atoms with van der Waals surface area (Å²) < 4.78 is 22.4. The van der Waals surface area contributed by atoms with Crippen LogP contribution in [0.3, 0.4) is 0 Å². The van der Waals surface area contributed by atoms with E-state index in [1.807, 2.05) is 11.9 Å². The molecule has 0 spiro atoms. The molecule has 2 unspecified atom stereocenters. The number of nitrogens with two attached hydrogens (primary N) is 1. The van der Waals surface area contributed by atoms with Crippen LogP contribution in [0, 0.1) is 0 Å². The normalized spacial score (nSPS) is 24.2. The van der Waals surface area contributed by atoms with Crippen LogP contribution in [-0.2, 0) is 10.0 Å². The molecule has 0 saturated heterocycles. The Hall–Kier alpha value is -1.11. The SMILES string of the molecule is CN(c1ccc(S(N)(=O)=O)cc1)C1CCCCC1O. The molecule has 106 valence electrons. The van der Waals surface area contributed by atoms with Gasteiger partial charge in [0.2, 0.25) is 10.0 Å². The molecule has 0 aliphatic heterocycles. The van der Waals surface area contributed by atoms with Gasteiger partial charge in [0.1, 0.15) is 0 Å². The molecule has 1 fully saturated rings. The lowest BCUT2D eigenvalue weighted by Gasteiger charge is -2.36. The number of sulfonamides is 1. The molecular weight excluding hydrogens is 264 g/mol. The molecule has 2 rings (SSSR count). The average molecular weight is 284 g/mol. The Bertz CT molecular complexity index is 527. The number of likely N-dealkylation sites (N-methyl/N-ethyl adjacent to an activating group) is 1. The Morgan fingerprint density at radius 1 is 1.21 bits per heavy atom. The highest BCUT2D eigenvalue weighted by atomic mass is 32.2. The van der Waals surface area contributed by atoms with Gasteiger partial charge in [0.15, 0.2) is 0 Å². The summed E-state index contributed by atoms with van der Waals surface area (Å²) in [5.74, 6) is 0.